The average Bonchev–Trinajstić information content (AvgIpc) is 2.73. The van der Waals surface area contributed by atoms with Crippen LogP contribution < -0.4 is 0 Å². The number of hydrogen-bond donors (Lipinski definition) is 0. The Morgan fingerprint density at radius 3 is 2.76 bits per heavy atom. The monoisotopic (exact) mass is 235 g/mol. The summed E-state index contributed by atoms with van der Waals surface area (Å²) in [6, 6.07) is 2.65. The summed E-state index contributed by atoms with van der Waals surface area (Å²) >= 11 is 0. The molecule has 0 saturated heterocycles. The molecular formula is C13H21N3O. The minimum atomic E-state index is 0.432. The first-order chi connectivity index (χ1) is 8.16. The van der Waals surface area contributed by atoms with E-state index < -0.39 is 0 Å². The van der Waals surface area contributed by atoms with Gasteiger partial charge in [-0.05, 0) is 26.0 Å². The van der Waals surface area contributed by atoms with Gasteiger partial charge in [-0.3, -0.25) is 9.48 Å². The molecule has 0 aliphatic heterocycles. The number of Topliss-reactive ketones (excluding diaryl/α,β-unsaturated/α-hetero) is 1. The van der Waals surface area contributed by atoms with E-state index in [1.54, 1.807) is 0 Å². The highest BCUT2D eigenvalue weighted by molar-refractivity contribution is 5.79. The smallest absolute Gasteiger partial charge is 0.133 e. The number of rotatable bonds is 4. The number of carbonyl (C=O) groups is 1. The second-order valence-electron chi connectivity index (χ2n) is 4.95. The first-order valence-corrected chi connectivity index (χ1v) is 6.35. The van der Waals surface area contributed by atoms with Gasteiger partial charge in [0.2, 0.25) is 0 Å². The van der Waals surface area contributed by atoms with Gasteiger partial charge in [0.1, 0.15) is 5.78 Å². The SMILES string of the molecule is CN(CCc1ccnn1C)C1CCC(=O)CC1. The molecule has 0 bridgehead atoms. The molecule has 4 nitrogen and oxygen atoms in total. The van der Waals surface area contributed by atoms with Gasteiger partial charge >= 0.3 is 0 Å². The molecule has 0 aromatic carbocycles. The van der Waals surface area contributed by atoms with E-state index in [9.17, 15) is 4.79 Å². The van der Waals surface area contributed by atoms with E-state index >= 15 is 0 Å². The van der Waals surface area contributed by atoms with E-state index in [1.165, 1.54) is 5.69 Å². The quantitative estimate of drug-likeness (QED) is 0.792. The van der Waals surface area contributed by atoms with Gasteiger partial charge in [0.25, 0.3) is 0 Å². The normalized spacial score (nSPS) is 17.9. The third-order valence-electron chi connectivity index (χ3n) is 3.78. The molecule has 0 spiro atoms. The molecule has 0 radical (unpaired) electrons. The minimum absolute atomic E-state index is 0.432. The van der Waals surface area contributed by atoms with Crippen LogP contribution in [0.15, 0.2) is 12.3 Å². The Kier molecular flexibility index (Phi) is 3.94. The number of aryl methyl sites for hydroxylation is 1. The van der Waals surface area contributed by atoms with Crippen LogP contribution in [-0.2, 0) is 18.3 Å². The summed E-state index contributed by atoms with van der Waals surface area (Å²) in [5, 5.41) is 4.17. The number of hydrogen-bond acceptors (Lipinski definition) is 3. The van der Waals surface area contributed by atoms with Crippen molar-refractivity contribution in [3.63, 3.8) is 0 Å². The summed E-state index contributed by atoms with van der Waals surface area (Å²) < 4.78 is 1.93. The number of carbonyl (C=O) groups excluding carboxylic acids is 1. The van der Waals surface area contributed by atoms with Gasteiger partial charge in [-0.15, -0.1) is 0 Å². The lowest BCUT2D eigenvalue weighted by Crippen LogP contribution is -2.36. The van der Waals surface area contributed by atoms with E-state index in [-0.39, 0.29) is 0 Å². The summed E-state index contributed by atoms with van der Waals surface area (Å²) in [7, 11) is 4.14. The maximum atomic E-state index is 11.2. The zero-order chi connectivity index (χ0) is 12.3. The standard InChI is InChI=1S/C13H21N3O/c1-15(11-3-5-13(17)6-4-11)10-8-12-7-9-14-16(12)2/h7,9,11H,3-6,8,10H2,1-2H3. The molecule has 1 aliphatic carbocycles. The highest BCUT2D eigenvalue weighted by atomic mass is 16.1. The van der Waals surface area contributed by atoms with Gasteiger partial charge in [0.05, 0.1) is 0 Å². The summed E-state index contributed by atoms with van der Waals surface area (Å²) in [4.78, 5) is 13.6. The molecule has 0 unspecified atom stereocenters. The molecule has 1 aliphatic rings. The fourth-order valence-corrected chi connectivity index (χ4v) is 2.49. The molecule has 1 heterocycles. The average molecular weight is 235 g/mol. The van der Waals surface area contributed by atoms with Gasteiger partial charge < -0.3 is 4.90 Å². The van der Waals surface area contributed by atoms with Crippen LogP contribution in [-0.4, -0.2) is 40.1 Å². The molecular weight excluding hydrogens is 214 g/mol. The van der Waals surface area contributed by atoms with Gasteiger partial charge in [0, 0.05) is 50.8 Å². The van der Waals surface area contributed by atoms with Crippen molar-refractivity contribution in [3.8, 4) is 0 Å². The maximum absolute atomic E-state index is 11.2. The Hall–Kier alpha value is -1.16. The summed E-state index contributed by atoms with van der Waals surface area (Å²) in [6.45, 7) is 1.04. The number of ketones is 1. The Bertz CT molecular complexity index is 376. The van der Waals surface area contributed by atoms with Crippen LogP contribution in [0.4, 0.5) is 0 Å². The van der Waals surface area contributed by atoms with E-state index in [1.807, 2.05) is 17.9 Å². The highest BCUT2D eigenvalue weighted by Crippen LogP contribution is 2.19. The van der Waals surface area contributed by atoms with Gasteiger partial charge in [-0.1, -0.05) is 0 Å². The van der Waals surface area contributed by atoms with Crippen molar-refractivity contribution in [2.75, 3.05) is 13.6 Å². The van der Waals surface area contributed by atoms with E-state index in [0.717, 1.165) is 38.6 Å². The zero-order valence-electron chi connectivity index (χ0n) is 10.7. The molecule has 1 fully saturated rings. The van der Waals surface area contributed by atoms with E-state index in [0.29, 0.717) is 11.8 Å². The molecule has 1 aromatic rings. The Labute approximate surface area is 103 Å². The van der Waals surface area contributed by atoms with E-state index in [2.05, 4.69) is 23.1 Å². The largest absolute Gasteiger partial charge is 0.303 e. The summed E-state index contributed by atoms with van der Waals surface area (Å²) in [5.74, 6) is 0.432. The van der Waals surface area contributed by atoms with Crippen molar-refractivity contribution in [3.05, 3.63) is 18.0 Å². The number of nitrogens with zero attached hydrogens (tertiary/aromatic N) is 3. The lowest BCUT2D eigenvalue weighted by atomic mass is 9.93. The van der Waals surface area contributed by atoms with Crippen molar-refractivity contribution in [2.45, 2.75) is 38.1 Å². The molecule has 2 rings (SSSR count). The fraction of sp³-hybridized carbons (Fsp3) is 0.692. The van der Waals surface area contributed by atoms with Crippen LogP contribution >= 0.6 is 0 Å². The first kappa shape index (κ1) is 12.3. The van der Waals surface area contributed by atoms with Crippen LogP contribution in [0.1, 0.15) is 31.4 Å². The molecule has 0 N–H and O–H groups in total. The highest BCUT2D eigenvalue weighted by Gasteiger charge is 2.21. The topological polar surface area (TPSA) is 38.1 Å². The molecule has 94 valence electrons. The third-order valence-corrected chi connectivity index (χ3v) is 3.78. The summed E-state index contributed by atoms with van der Waals surface area (Å²) in [6.07, 6.45) is 6.45. The molecule has 4 heteroatoms. The maximum Gasteiger partial charge on any atom is 0.133 e. The van der Waals surface area contributed by atoms with Crippen LogP contribution in [0, 0.1) is 0 Å². The van der Waals surface area contributed by atoms with E-state index in [4.69, 9.17) is 0 Å². The summed E-state index contributed by atoms with van der Waals surface area (Å²) in [5.41, 5.74) is 1.27. The second-order valence-corrected chi connectivity index (χ2v) is 4.95. The molecule has 1 aromatic heterocycles. The fourth-order valence-electron chi connectivity index (χ4n) is 2.49. The molecule has 17 heavy (non-hydrogen) atoms. The Balaban J connectivity index is 1.79. The van der Waals surface area contributed by atoms with Crippen molar-refractivity contribution in [1.29, 1.82) is 0 Å². The van der Waals surface area contributed by atoms with Crippen molar-refractivity contribution in [1.82, 2.24) is 14.7 Å². The van der Waals surface area contributed by atoms with Crippen LogP contribution in [0.25, 0.3) is 0 Å². The van der Waals surface area contributed by atoms with Crippen molar-refractivity contribution in [2.24, 2.45) is 7.05 Å². The van der Waals surface area contributed by atoms with Crippen LogP contribution in [0.2, 0.25) is 0 Å². The second kappa shape index (κ2) is 5.45. The molecule has 0 amide bonds. The number of likely N-dealkylation sites (N-methyl/N-ethyl adjacent to an activating group) is 1. The lowest BCUT2D eigenvalue weighted by molar-refractivity contribution is -0.121. The van der Waals surface area contributed by atoms with Gasteiger partial charge in [0.15, 0.2) is 0 Å². The predicted molar refractivity (Wildman–Crippen MR) is 66.8 cm³/mol. The molecule has 1 saturated carbocycles. The van der Waals surface area contributed by atoms with Gasteiger partial charge in [-0.25, -0.2) is 0 Å². The lowest BCUT2D eigenvalue weighted by Gasteiger charge is -2.30. The Morgan fingerprint density at radius 2 is 2.18 bits per heavy atom. The van der Waals surface area contributed by atoms with Gasteiger partial charge in [-0.2, -0.15) is 5.10 Å². The third kappa shape index (κ3) is 3.16. The zero-order valence-corrected chi connectivity index (χ0v) is 10.7. The van der Waals surface area contributed by atoms with Crippen LogP contribution in [0.3, 0.4) is 0 Å². The van der Waals surface area contributed by atoms with Crippen LogP contribution in [0.5, 0.6) is 0 Å². The Morgan fingerprint density at radius 1 is 1.47 bits per heavy atom. The minimum Gasteiger partial charge on any atom is -0.303 e. The molecule has 0 atom stereocenters. The first-order valence-electron chi connectivity index (χ1n) is 6.35. The number of aromatic nitrogens is 2. The van der Waals surface area contributed by atoms with Crippen molar-refractivity contribution < 1.29 is 4.79 Å². The van der Waals surface area contributed by atoms with Crippen molar-refractivity contribution >= 4 is 5.78 Å². The predicted octanol–water partition coefficient (Wildman–Crippen LogP) is 1.41.